The van der Waals surface area contributed by atoms with E-state index in [1.807, 2.05) is 0 Å². The van der Waals surface area contributed by atoms with Crippen molar-refractivity contribution < 1.29 is 19.8 Å². The molecule has 0 amide bonds. The molecule has 0 bridgehead atoms. The summed E-state index contributed by atoms with van der Waals surface area (Å²) in [6, 6.07) is 0. The Bertz CT molecular complexity index is 108. The van der Waals surface area contributed by atoms with Gasteiger partial charge in [-0.05, 0) is 6.92 Å². The van der Waals surface area contributed by atoms with Crippen LogP contribution in [0.4, 0.5) is 0 Å². The molecule has 0 aliphatic heterocycles. The fraction of sp³-hybridized carbons (Fsp3) is 0.500. The van der Waals surface area contributed by atoms with Crippen molar-refractivity contribution in [3.05, 3.63) is 0 Å². The minimum atomic E-state index is -1.31. The Kier molecular flexibility index (Phi) is 5.49. The van der Waals surface area contributed by atoms with E-state index in [0.717, 1.165) is 6.92 Å². The second-order valence-electron chi connectivity index (χ2n) is 1.40. The van der Waals surface area contributed by atoms with E-state index in [1.165, 1.54) is 0 Å². The van der Waals surface area contributed by atoms with Crippen LogP contribution in [-0.2, 0) is 9.59 Å². The zero-order valence-corrected chi connectivity index (χ0v) is 4.29. The van der Waals surface area contributed by atoms with Crippen LogP contribution in [-0.4, -0.2) is 39.7 Å². The third-order valence-electron chi connectivity index (χ3n) is 0.741. The molecule has 0 saturated carbocycles. The Morgan fingerprint density at radius 3 is 1.44 bits per heavy atom. The molecule has 0 aromatic heterocycles. The first-order valence-electron chi connectivity index (χ1n) is 2.01. The van der Waals surface area contributed by atoms with Crippen molar-refractivity contribution in [1.82, 2.24) is 0 Å². The molecule has 0 unspecified atom stereocenters. The topological polar surface area (TPSA) is 74.6 Å². The molecular weight excluding hydrogens is 185 g/mol. The standard InChI is InChI=1S/C4H6O4.GeH4/c1-2(3(5)6)4(7)8;/h2H,1H3,(H,5,6)(H,7,8);1H4. The molecule has 0 saturated heterocycles. The molecule has 9 heavy (non-hydrogen) atoms. The van der Waals surface area contributed by atoms with Crippen LogP contribution in [0.5, 0.6) is 0 Å². The molecular formula is C4H10GeO4. The number of rotatable bonds is 2. The van der Waals surface area contributed by atoms with Crippen LogP contribution in [0.3, 0.4) is 0 Å². The predicted molar refractivity (Wildman–Crippen MR) is 35.8 cm³/mol. The summed E-state index contributed by atoms with van der Waals surface area (Å²) in [7, 11) is 0. The summed E-state index contributed by atoms with van der Waals surface area (Å²) >= 11 is 0. The van der Waals surface area contributed by atoms with Crippen LogP contribution in [0.15, 0.2) is 0 Å². The number of aliphatic carboxylic acids is 2. The zero-order valence-electron chi connectivity index (χ0n) is 4.29. The molecule has 0 spiro atoms. The molecule has 0 aromatic rings. The second kappa shape index (κ2) is 4.37. The molecule has 0 fully saturated rings. The van der Waals surface area contributed by atoms with E-state index in [-0.39, 0.29) is 17.6 Å². The minimum absolute atomic E-state index is 0. The fourth-order valence-electron chi connectivity index (χ4n) is 0.106. The van der Waals surface area contributed by atoms with Crippen molar-refractivity contribution in [3.8, 4) is 0 Å². The fourth-order valence-corrected chi connectivity index (χ4v) is 0.106. The molecule has 0 aliphatic rings. The maximum absolute atomic E-state index is 9.76. The van der Waals surface area contributed by atoms with E-state index in [4.69, 9.17) is 10.2 Å². The van der Waals surface area contributed by atoms with Gasteiger partial charge < -0.3 is 10.2 Å². The molecule has 0 aliphatic carbocycles. The summed E-state index contributed by atoms with van der Waals surface area (Å²) in [6.07, 6.45) is 0. The third-order valence-corrected chi connectivity index (χ3v) is 0.741. The summed E-state index contributed by atoms with van der Waals surface area (Å²) < 4.78 is 0. The van der Waals surface area contributed by atoms with Gasteiger partial charge in [0.1, 0.15) is 0 Å². The van der Waals surface area contributed by atoms with Crippen LogP contribution in [0.25, 0.3) is 0 Å². The van der Waals surface area contributed by atoms with E-state index >= 15 is 0 Å². The summed E-state index contributed by atoms with van der Waals surface area (Å²) in [6.45, 7) is 1.12. The molecule has 2 N–H and O–H groups in total. The van der Waals surface area contributed by atoms with Gasteiger partial charge in [-0.3, -0.25) is 9.59 Å². The van der Waals surface area contributed by atoms with Crippen molar-refractivity contribution in [2.24, 2.45) is 5.92 Å². The Balaban J connectivity index is 0. The normalized spacial score (nSPS) is 8.22. The Labute approximate surface area is 62.8 Å². The van der Waals surface area contributed by atoms with Gasteiger partial charge in [0.05, 0.1) is 0 Å². The number of hydrogen-bond acceptors (Lipinski definition) is 2. The molecule has 0 radical (unpaired) electrons. The molecule has 5 heteroatoms. The van der Waals surface area contributed by atoms with Crippen LogP contribution in [0, 0.1) is 5.92 Å². The van der Waals surface area contributed by atoms with Gasteiger partial charge in [0.15, 0.2) is 5.92 Å². The molecule has 54 valence electrons. The summed E-state index contributed by atoms with van der Waals surface area (Å²) in [4.78, 5) is 19.5. The number of carboxylic acid groups (broad SMARTS) is 2. The molecule has 0 atom stereocenters. The van der Waals surface area contributed by atoms with Crippen molar-refractivity contribution >= 4 is 29.5 Å². The third kappa shape index (κ3) is 4.02. The van der Waals surface area contributed by atoms with Crippen molar-refractivity contribution in [2.75, 3.05) is 0 Å². The van der Waals surface area contributed by atoms with Gasteiger partial charge in [-0.2, -0.15) is 0 Å². The molecule has 0 aromatic carbocycles. The summed E-state index contributed by atoms with van der Waals surface area (Å²) in [5, 5.41) is 15.9. The Morgan fingerprint density at radius 1 is 1.22 bits per heavy atom. The van der Waals surface area contributed by atoms with E-state index in [1.54, 1.807) is 0 Å². The van der Waals surface area contributed by atoms with Gasteiger partial charge in [0.25, 0.3) is 0 Å². The van der Waals surface area contributed by atoms with Crippen LogP contribution < -0.4 is 0 Å². The van der Waals surface area contributed by atoms with Gasteiger partial charge in [-0.25, -0.2) is 0 Å². The molecule has 0 rings (SSSR count). The maximum atomic E-state index is 9.76. The van der Waals surface area contributed by atoms with Crippen LogP contribution in [0.2, 0.25) is 0 Å². The summed E-state index contributed by atoms with van der Waals surface area (Å²) in [5.41, 5.74) is 0. The van der Waals surface area contributed by atoms with Gasteiger partial charge in [-0.15, -0.1) is 0 Å². The van der Waals surface area contributed by atoms with Crippen molar-refractivity contribution in [1.29, 1.82) is 0 Å². The first-order valence-corrected chi connectivity index (χ1v) is 2.01. The average molecular weight is 195 g/mol. The number of hydrogen-bond donors (Lipinski definition) is 2. The van der Waals surface area contributed by atoms with Crippen LogP contribution >= 0.6 is 0 Å². The average Bonchev–Trinajstić information content (AvgIpc) is 1.64. The first kappa shape index (κ1) is 11.3. The predicted octanol–water partition coefficient (Wildman–Crippen LogP) is -1.66. The number of carboxylic acids is 2. The summed E-state index contributed by atoms with van der Waals surface area (Å²) in [5.74, 6) is -3.91. The monoisotopic (exact) mass is 196 g/mol. The first-order chi connectivity index (χ1) is 3.55. The SMILES string of the molecule is CC(C(=O)O)C(=O)O.[GeH4]. The molecule has 4 nitrogen and oxygen atoms in total. The van der Waals surface area contributed by atoms with Gasteiger partial charge >= 0.3 is 29.5 Å². The van der Waals surface area contributed by atoms with E-state index in [9.17, 15) is 9.59 Å². The van der Waals surface area contributed by atoms with Gasteiger partial charge in [0, 0.05) is 0 Å². The van der Waals surface area contributed by atoms with Gasteiger partial charge in [-0.1, -0.05) is 0 Å². The van der Waals surface area contributed by atoms with E-state index in [2.05, 4.69) is 0 Å². The second-order valence-corrected chi connectivity index (χ2v) is 1.40. The Morgan fingerprint density at radius 2 is 1.44 bits per heavy atom. The quantitative estimate of drug-likeness (QED) is 0.408. The zero-order chi connectivity index (χ0) is 6.73. The van der Waals surface area contributed by atoms with Gasteiger partial charge in [0.2, 0.25) is 0 Å². The Hall–Kier alpha value is -0.517. The molecule has 0 heterocycles. The van der Waals surface area contributed by atoms with E-state index < -0.39 is 17.9 Å². The van der Waals surface area contributed by atoms with Crippen molar-refractivity contribution in [3.63, 3.8) is 0 Å². The van der Waals surface area contributed by atoms with E-state index in [0.29, 0.717) is 0 Å². The van der Waals surface area contributed by atoms with Crippen LogP contribution in [0.1, 0.15) is 6.92 Å². The number of carbonyl (C=O) groups is 2. The van der Waals surface area contributed by atoms with Crippen molar-refractivity contribution in [2.45, 2.75) is 6.92 Å².